The van der Waals surface area contributed by atoms with Gasteiger partial charge in [0.2, 0.25) is 5.78 Å². The lowest BCUT2D eigenvalue weighted by Gasteiger charge is -1.98. The predicted molar refractivity (Wildman–Crippen MR) is 53.2 cm³/mol. The summed E-state index contributed by atoms with van der Waals surface area (Å²) < 4.78 is 0. The number of ketones is 1. The summed E-state index contributed by atoms with van der Waals surface area (Å²) in [7, 11) is 0. The zero-order valence-electron chi connectivity index (χ0n) is 7.82. The second-order valence-electron chi connectivity index (χ2n) is 3.16. The van der Waals surface area contributed by atoms with Gasteiger partial charge in [-0.15, -0.1) is 0 Å². The molecule has 1 heterocycles. The van der Waals surface area contributed by atoms with E-state index < -0.39 is 0 Å². The molecule has 0 aliphatic heterocycles. The summed E-state index contributed by atoms with van der Waals surface area (Å²) in [6.45, 7) is 1.99. The Morgan fingerprint density at radius 3 is 2.57 bits per heavy atom. The number of imidazole rings is 1. The predicted octanol–water partition coefficient (Wildman–Crippen LogP) is 1.95. The summed E-state index contributed by atoms with van der Waals surface area (Å²) in [6, 6.07) is 7.48. The minimum Gasteiger partial charge on any atom is -0.342 e. The fourth-order valence-corrected chi connectivity index (χ4v) is 1.24. The van der Waals surface area contributed by atoms with Crippen LogP contribution in [0, 0.1) is 6.92 Å². The minimum atomic E-state index is -0.0255. The summed E-state index contributed by atoms with van der Waals surface area (Å²) in [6.07, 6.45) is 3.03. The van der Waals surface area contributed by atoms with Crippen molar-refractivity contribution in [2.75, 3.05) is 0 Å². The number of aromatic amines is 1. The number of aryl methyl sites for hydroxylation is 1. The molecule has 1 aromatic carbocycles. The van der Waals surface area contributed by atoms with Gasteiger partial charge in [0, 0.05) is 5.56 Å². The fraction of sp³-hybridized carbons (Fsp3) is 0.0909. The smallest absolute Gasteiger partial charge is 0.210 e. The number of nitrogens with one attached hydrogen (secondary N) is 1. The molecule has 0 bridgehead atoms. The van der Waals surface area contributed by atoms with Crippen molar-refractivity contribution in [1.82, 2.24) is 9.97 Å². The van der Waals surface area contributed by atoms with E-state index in [0.29, 0.717) is 11.3 Å². The standard InChI is InChI=1S/C11H10N2O/c1-8-2-4-9(5-3-8)11(14)10-6-12-7-13-10/h2-7H,1H3,(H,12,13). The van der Waals surface area contributed by atoms with Crippen LogP contribution in [0.3, 0.4) is 0 Å². The van der Waals surface area contributed by atoms with Gasteiger partial charge in [0.1, 0.15) is 5.69 Å². The Morgan fingerprint density at radius 1 is 1.29 bits per heavy atom. The lowest BCUT2D eigenvalue weighted by atomic mass is 10.1. The number of carbonyl (C=O) groups excluding carboxylic acids is 1. The van der Waals surface area contributed by atoms with E-state index in [0.717, 1.165) is 5.56 Å². The molecule has 0 atom stereocenters. The van der Waals surface area contributed by atoms with Gasteiger partial charge in [0.15, 0.2) is 0 Å². The number of carbonyl (C=O) groups is 1. The highest BCUT2D eigenvalue weighted by Gasteiger charge is 2.08. The summed E-state index contributed by atoms with van der Waals surface area (Å²) in [5.74, 6) is -0.0255. The molecule has 0 saturated carbocycles. The van der Waals surface area contributed by atoms with Gasteiger partial charge in [-0.3, -0.25) is 4.79 Å². The van der Waals surface area contributed by atoms with Crippen LogP contribution in [0.5, 0.6) is 0 Å². The van der Waals surface area contributed by atoms with Crippen LogP contribution in [0.1, 0.15) is 21.6 Å². The largest absolute Gasteiger partial charge is 0.342 e. The van der Waals surface area contributed by atoms with Gasteiger partial charge in [-0.25, -0.2) is 4.98 Å². The SMILES string of the molecule is Cc1ccc(C(=O)c2cnc[nH]2)cc1. The quantitative estimate of drug-likeness (QED) is 0.728. The van der Waals surface area contributed by atoms with E-state index in [9.17, 15) is 4.79 Å². The normalized spacial score (nSPS) is 10.1. The number of hydrogen-bond donors (Lipinski definition) is 1. The maximum atomic E-state index is 11.7. The van der Waals surface area contributed by atoms with E-state index in [1.807, 2.05) is 31.2 Å². The molecule has 14 heavy (non-hydrogen) atoms. The Bertz CT molecular complexity index is 429. The molecule has 3 heteroatoms. The van der Waals surface area contributed by atoms with Crippen LogP contribution in [0.15, 0.2) is 36.8 Å². The van der Waals surface area contributed by atoms with Gasteiger partial charge < -0.3 is 4.98 Å². The first-order valence-corrected chi connectivity index (χ1v) is 4.37. The van der Waals surface area contributed by atoms with Crippen LogP contribution in [-0.4, -0.2) is 15.8 Å². The Kier molecular flexibility index (Phi) is 2.14. The molecule has 0 aliphatic carbocycles. The zero-order chi connectivity index (χ0) is 9.97. The molecule has 3 nitrogen and oxygen atoms in total. The number of H-pyrrole nitrogens is 1. The Balaban J connectivity index is 2.33. The average molecular weight is 186 g/mol. The van der Waals surface area contributed by atoms with E-state index >= 15 is 0 Å². The van der Waals surface area contributed by atoms with Crippen molar-refractivity contribution in [2.45, 2.75) is 6.92 Å². The third kappa shape index (κ3) is 1.57. The molecule has 0 fully saturated rings. The Morgan fingerprint density at radius 2 is 2.00 bits per heavy atom. The summed E-state index contributed by atoms with van der Waals surface area (Å²) >= 11 is 0. The van der Waals surface area contributed by atoms with Gasteiger partial charge in [0.25, 0.3) is 0 Å². The molecule has 1 N–H and O–H groups in total. The van der Waals surface area contributed by atoms with Crippen molar-refractivity contribution in [3.8, 4) is 0 Å². The molecule has 0 spiro atoms. The zero-order valence-corrected chi connectivity index (χ0v) is 7.82. The van der Waals surface area contributed by atoms with Crippen molar-refractivity contribution in [2.24, 2.45) is 0 Å². The van der Waals surface area contributed by atoms with E-state index in [1.54, 1.807) is 0 Å². The lowest BCUT2D eigenvalue weighted by molar-refractivity contribution is 0.103. The molecule has 2 rings (SSSR count). The number of aromatic nitrogens is 2. The van der Waals surface area contributed by atoms with Crippen molar-refractivity contribution >= 4 is 5.78 Å². The van der Waals surface area contributed by atoms with E-state index in [4.69, 9.17) is 0 Å². The summed E-state index contributed by atoms with van der Waals surface area (Å²) in [5, 5.41) is 0. The molecular weight excluding hydrogens is 176 g/mol. The first-order chi connectivity index (χ1) is 6.77. The topological polar surface area (TPSA) is 45.8 Å². The molecule has 0 saturated heterocycles. The monoisotopic (exact) mass is 186 g/mol. The molecule has 0 unspecified atom stereocenters. The Labute approximate surface area is 81.8 Å². The average Bonchev–Trinajstić information content (AvgIpc) is 2.71. The number of hydrogen-bond acceptors (Lipinski definition) is 2. The summed E-state index contributed by atoms with van der Waals surface area (Å²) in [5.41, 5.74) is 2.35. The molecule has 0 aliphatic rings. The fourth-order valence-electron chi connectivity index (χ4n) is 1.24. The third-order valence-corrected chi connectivity index (χ3v) is 2.06. The van der Waals surface area contributed by atoms with E-state index in [-0.39, 0.29) is 5.78 Å². The first-order valence-electron chi connectivity index (χ1n) is 4.37. The molecule has 1 aromatic heterocycles. The van der Waals surface area contributed by atoms with Crippen LogP contribution < -0.4 is 0 Å². The molecule has 70 valence electrons. The molecule has 2 aromatic rings. The number of nitrogens with zero attached hydrogens (tertiary/aromatic N) is 1. The maximum Gasteiger partial charge on any atom is 0.210 e. The molecular formula is C11H10N2O. The molecule has 0 amide bonds. The Hall–Kier alpha value is -1.90. The van der Waals surface area contributed by atoms with Crippen LogP contribution in [-0.2, 0) is 0 Å². The van der Waals surface area contributed by atoms with Crippen molar-refractivity contribution in [3.63, 3.8) is 0 Å². The van der Waals surface area contributed by atoms with Gasteiger partial charge in [-0.05, 0) is 6.92 Å². The molecule has 0 radical (unpaired) electrons. The van der Waals surface area contributed by atoms with Gasteiger partial charge in [-0.1, -0.05) is 29.8 Å². The highest BCUT2D eigenvalue weighted by molar-refractivity contribution is 6.07. The lowest BCUT2D eigenvalue weighted by Crippen LogP contribution is -2.01. The number of benzene rings is 1. The van der Waals surface area contributed by atoms with Crippen LogP contribution in [0.2, 0.25) is 0 Å². The second kappa shape index (κ2) is 3.46. The maximum absolute atomic E-state index is 11.7. The van der Waals surface area contributed by atoms with Gasteiger partial charge in [0.05, 0.1) is 12.5 Å². The van der Waals surface area contributed by atoms with Gasteiger partial charge in [-0.2, -0.15) is 0 Å². The van der Waals surface area contributed by atoms with Crippen molar-refractivity contribution in [1.29, 1.82) is 0 Å². The van der Waals surface area contributed by atoms with Crippen LogP contribution >= 0.6 is 0 Å². The minimum absolute atomic E-state index is 0.0255. The van der Waals surface area contributed by atoms with Crippen molar-refractivity contribution in [3.05, 3.63) is 53.6 Å². The van der Waals surface area contributed by atoms with E-state index in [2.05, 4.69) is 9.97 Å². The van der Waals surface area contributed by atoms with Gasteiger partial charge >= 0.3 is 0 Å². The first kappa shape index (κ1) is 8.69. The second-order valence-corrected chi connectivity index (χ2v) is 3.16. The van der Waals surface area contributed by atoms with E-state index in [1.165, 1.54) is 12.5 Å². The van der Waals surface area contributed by atoms with Crippen LogP contribution in [0.25, 0.3) is 0 Å². The highest BCUT2D eigenvalue weighted by Crippen LogP contribution is 2.08. The van der Waals surface area contributed by atoms with Crippen molar-refractivity contribution < 1.29 is 4.79 Å². The summed E-state index contributed by atoms with van der Waals surface area (Å²) in [4.78, 5) is 18.3. The third-order valence-electron chi connectivity index (χ3n) is 2.06. The highest BCUT2D eigenvalue weighted by atomic mass is 16.1. The van der Waals surface area contributed by atoms with Crippen LogP contribution in [0.4, 0.5) is 0 Å². The number of rotatable bonds is 2.